The number of hydrogen-bond acceptors (Lipinski definition) is 2. The molecule has 1 heterocycles. The lowest BCUT2D eigenvalue weighted by Gasteiger charge is -2.03. The normalized spacial score (nSPS) is 10.9. The molecule has 1 aromatic rings. The van der Waals surface area contributed by atoms with Crippen molar-refractivity contribution in [2.75, 3.05) is 5.33 Å². The first-order valence-electron chi connectivity index (χ1n) is 5.80. The minimum absolute atomic E-state index is 0.932. The maximum atomic E-state index is 4.49. The lowest BCUT2D eigenvalue weighted by Crippen LogP contribution is -2.05. The molecule has 0 aromatic carbocycles. The van der Waals surface area contributed by atoms with E-state index in [1.807, 2.05) is 0 Å². The van der Waals surface area contributed by atoms with Gasteiger partial charge in [0.2, 0.25) is 0 Å². The largest absolute Gasteiger partial charge is 0.250 e. The summed E-state index contributed by atoms with van der Waals surface area (Å²) in [6.07, 6.45) is 5.62. The van der Waals surface area contributed by atoms with Crippen molar-refractivity contribution in [1.82, 2.24) is 14.8 Å². The maximum Gasteiger partial charge on any atom is 0.150 e. The van der Waals surface area contributed by atoms with Crippen molar-refractivity contribution >= 4 is 15.9 Å². The Morgan fingerprint density at radius 2 is 1.93 bits per heavy atom. The van der Waals surface area contributed by atoms with E-state index in [1.54, 1.807) is 0 Å². The summed E-state index contributed by atoms with van der Waals surface area (Å²) < 4.78 is 2.08. The first-order chi connectivity index (χ1) is 7.31. The Bertz CT molecular complexity index is 283. The third kappa shape index (κ3) is 3.93. The number of aromatic nitrogens is 3. The summed E-state index contributed by atoms with van der Waals surface area (Å²) in [5.74, 6) is 2.11. The summed E-state index contributed by atoms with van der Waals surface area (Å²) >= 11 is 3.44. The van der Waals surface area contributed by atoms with Crippen LogP contribution in [0.4, 0.5) is 0 Å². The Morgan fingerprint density at radius 3 is 2.53 bits per heavy atom. The van der Waals surface area contributed by atoms with E-state index in [0.717, 1.165) is 36.4 Å². The second kappa shape index (κ2) is 6.99. The van der Waals surface area contributed by atoms with Gasteiger partial charge in [0.25, 0.3) is 0 Å². The quantitative estimate of drug-likeness (QED) is 0.565. The molecule has 0 fully saturated rings. The molecule has 0 spiro atoms. The summed E-state index contributed by atoms with van der Waals surface area (Å²) in [4.78, 5) is 4.49. The zero-order chi connectivity index (χ0) is 11.1. The molecule has 1 aromatic heterocycles. The Morgan fingerprint density at radius 1 is 1.13 bits per heavy atom. The molecule has 3 nitrogen and oxygen atoms in total. The lowest BCUT2D eigenvalue weighted by molar-refractivity contribution is 0.531. The first-order valence-corrected chi connectivity index (χ1v) is 6.92. The van der Waals surface area contributed by atoms with E-state index < -0.39 is 0 Å². The molecule has 0 saturated heterocycles. The molecular weight excluding hydrogens is 254 g/mol. The van der Waals surface area contributed by atoms with Crippen LogP contribution < -0.4 is 0 Å². The highest BCUT2D eigenvalue weighted by Crippen LogP contribution is 2.05. The van der Waals surface area contributed by atoms with Gasteiger partial charge in [-0.05, 0) is 12.8 Å². The predicted octanol–water partition coefficient (Wildman–Crippen LogP) is 2.97. The fourth-order valence-electron chi connectivity index (χ4n) is 1.55. The molecule has 0 N–H and O–H groups in total. The molecule has 0 radical (unpaired) electrons. The zero-order valence-corrected chi connectivity index (χ0v) is 11.3. The van der Waals surface area contributed by atoms with Crippen LogP contribution in [0.3, 0.4) is 0 Å². The third-order valence-corrected chi connectivity index (χ3v) is 2.99. The minimum atomic E-state index is 0.932. The van der Waals surface area contributed by atoms with Crippen LogP contribution in [0.2, 0.25) is 0 Å². The molecule has 0 bridgehead atoms. The van der Waals surface area contributed by atoms with E-state index >= 15 is 0 Å². The monoisotopic (exact) mass is 273 g/mol. The van der Waals surface area contributed by atoms with Crippen LogP contribution in [0.5, 0.6) is 0 Å². The van der Waals surface area contributed by atoms with Gasteiger partial charge in [0.05, 0.1) is 0 Å². The average molecular weight is 274 g/mol. The Kier molecular flexibility index (Phi) is 5.91. The number of unbranched alkanes of at least 4 members (excludes halogenated alkanes) is 2. The fourth-order valence-corrected chi connectivity index (χ4v) is 1.95. The summed E-state index contributed by atoms with van der Waals surface area (Å²) in [7, 11) is 0. The van der Waals surface area contributed by atoms with Gasteiger partial charge in [0.1, 0.15) is 5.82 Å². The van der Waals surface area contributed by atoms with Crippen LogP contribution in [-0.2, 0) is 19.4 Å². The summed E-state index contributed by atoms with van der Waals surface area (Å²) in [5, 5.41) is 5.59. The molecule has 0 aliphatic rings. The van der Waals surface area contributed by atoms with E-state index in [-0.39, 0.29) is 0 Å². The number of halogens is 1. The molecule has 0 amide bonds. The highest BCUT2D eigenvalue weighted by atomic mass is 79.9. The molecule has 0 atom stereocenters. The van der Waals surface area contributed by atoms with Crippen molar-refractivity contribution in [3.8, 4) is 0 Å². The van der Waals surface area contributed by atoms with E-state index in [0.29, 0.717) is 0 Å². The minimum Gasteiger partial charge on any atom is -0.250 e. The Balaban J connectivity index is 2.47. The third-order valence-electron chi connectivity index (χ3n) is 2.43. The van der Waals surface area contributed by atoms with E-state index in [1.165, 1.54) is 19.3 Å². The Labute approximate surface area is 100 Å². The van der Waals surface area contributed by atoms with Crippen LogP contribution in [0.1, 0.15) is 44.8 Å². The molecule has 0 saturated carbocycles. The van der Waals surface area contributed by atoms with Gasteiger partial charge < -0.3 is 0 Å². The molecule has 15 heavy (non-hydrogen) atoms. The van der Waals surface area contributed by atoms with Crippen molar-refractivity contribution in [3.63, 3.8) is 0 Å². The van der Waals surface area contributed by atoms with Crippen LogP contribution in [-0.4, -0.2) is 20.1 Å². The van der Waals surface area contributed by atoms with Gasteiger partial charge in [-0.15, -0.1) is 0 Å². The zero-order valence-electron chi connectivity index (χ0n) is 9.67. The van der Waals surface area contributed by atoms with E-state index in [9.17, 15) is 0 Å². The second-order valence-electron chi connectivity index (χ2n) is 3.62. The average Bonchev–Trinajstić information content (AvgIpc) is 2.67. The van der Waals surface area contributed by atoms with E-state index in [4.69, 9.17) is 0 Å². The number of hydrogen-bond donors (Lipinski definition) is 0. The van der Waals surface area contributed by atoms with Gasteiger partial charge in [0, 0.05) is 24.7 Å². The smallest absolute Gasteiger partial charge is 0.150 e. The molecule has 0 aliphatic carbocycles. The van der Waals surface area contributed by atoms with E-state index in [2.05, 4.69) is 44.5 Å². The van der Waals surface area contributed by atoms with Gasteiger partial charge >= 0.3 is 0 Å². The fraction of sp³-hybridized carbons (Fsp3) is 0.818. The van der Waals surface area contributed by atoms with Crippen molar-refractivity contribution in [2.24, 2.45) is 0 Å². The summed E-state index contributed by atoms with van der Waals surface area (Å²) in [6.45, 7) is 5.26. The van der Waals surface area contributed by atoms with Crippen molar-refractivity contribution in [3.05, 3.63) is 11.6 Å². The molecular formula is C11H20BrN3. The number of aryl methyl sites for hydroxylation is 3. The topological polar surface area (TPSA) is 30.7 Å². The van der Waals surface area contributed by atoms with Crippen molar-refractivity contribution in [2.45, 2.75) is 52.5 Å². The van der Waals surface area contributed by atoms with Crippen LogP contribution in [0.15, 0.2) is 0 Å². The second-order valence-corrected chi connectivity index (χ2v) is 4.42. The maximum absolute atomic E-state index is 4.49. The number of nitrogens with zero attached hydrogens (tertiary/aromatic N) is 3. The highest BCUT2D eigenvalue weighted by Gasteiger charge is 2.05. The van der Waals surface area contributed by atoms with Gasteiger partial charge in [-0.25, -0.2) is 9.67 Å². The van der Waals surface area contributed by atoms with Gasteiger partial charge in [-0.3, -0.25) is 0 Å². The molecule has 0 unspecified atom stereocenters. The first kappa shape index (κ1) is 12.7. The number of alkyl halides is 1. The summed E-state index contributed by atoms with van der Waals surface area (Å²) in [5.41, 5.74) is 0. The molecule has 0 aliphatic heterocycles. The van der Waals surface area contributed by atoms with Crippen molar-refractivity contribution < 1.29 is 0 Å². The van der Waals surface area contributed by atoms with Gasteiger partial charge in [-0.2, -0.15) is 5.10 Å². The highest BCUT2D eigenvalue weighted by molar-refractivity contribution is 9.09. The SMILES string of the molecule is CCc1nc(CC)n(CCCCCBr)n1. The molecule has 86 valence electrons. The summed E-state index contributed by atoms with van der Waals surface area (Å²) in [6, 6.07) is 0. The predicted molar refractivity (Wildman–Crippen MR) is 66.4 cm³/mol. The molecule has 1 rings (SSSR count). The van der Waals surface area contributed by atoms with Crippen LogP contribution in [0.25, 0.3) is 0 Å². The van der Waals surface area contributed by atoms with Crippen LogP contribution >= 0.6 is 15.9 Å². The van der Waals surface area contributed by atoms with Crippen molar-refractivity contribution in [1.29, 1.82) is 0 Å². The lowest BCUT2D eigenvalue weighted by atomic mass is 10.2. The number of rotatable bonds is 7. The van der Waals surface area contributed by atoms with Gasteiger partial charge in [-0.1, -0.05) is 36.2 Å². The standard InChI is InChI=1S/C11H20BrN3/c1-3-10-13-11(4-2)15(14-10)9-7-5-6-8-12/h3-9H2,1-2H3. The van der Waals surface area contributed by atoms with Gasteiger partial charge in [0.15, 0.2) is 5.82 Å². The van der Waals surface area contributed by atoms with Crippen LogP contribution in [0, 0.1) is 0 Å². The Hall–Kier alpha value is -0.380. The molecule has 4 heteroatoms.